The number of hydrogen-bond donors (Lipinski definition) is 2. The van der Waals surface area contributed by atoms with Gasteiger partial charge < -0.3 is 15.5 Å². The Hall–Kier alpha value is -1.77. The Balaban J connectivity index is 2.15. The highest BCUT2D eigenvalue weighted by atomic mass is 16.2. The van der Waals surface area contributed by atoms with Gasteiger partial charge in [-0.15, -0.1) is 0 Å². The van der Waals surface area contributed by atoms with Crippen LogP contribution in [0.1, 0.15) is 55.4 Å². The summed E-state index contributed by atoms with van der Waals surface area (Å²) in [6.07, 6.45) is 0. The third-order valence-corrected chi connectivity index (χ3v) is 5.50. The number of rotatable bonds is 2. The number of piperidine rings is 1. The molecular weight excluding hydrogens is 316 g/mol. The highest BCUT2D eigenvalue weighted by molar-refractivity contribution is 5.88. The zero-order valence-electron chi connectivity index (χ0n) is 16.7. The van der Waals surface area contributed by atoms with E-state index in [1.165, 1.54) is 0 Å². The highest BCUT2D eigenvalue weighted by Gasteiger charge is 2.68. The first kappa shape index (κ1) is 19.6. The van der Waals surface area contributed by atoms with E-state index in [9.17, 15) is 14.9 Å². The number of fused-ring (bicyclic) bond motifs is 1. The number of amides is 3. The van der Waals surface area contributed by atoms with E-state index in [1.54, 1.807) is 4.90 Å². The van der Waals surface area contributed by atoms with Gasteiger partial charge in [0, 0.05) is 18.0 Å². The predicted octanol–water partition coefficient (Wildman–Crippen LogP) is 2.51. The molecule has 2 fully saturated rings. The Bertz CT molecular complexity index is 606. The van der Waals surface area contributed by atoms with Gasteiger partial charge in [-0.05, 0) is 37.5 Å². The number of nitrogens with one attached hydrogen (secondary N) is 2. The summed E-state index contributed by atoms with van der Waals surface area (Å²) in [5, 5.41) is 15.3. The van der Waals surface area contributed by atoms with E-state index in [2.05, 4.69) is 30.6 Å². The Morgan fingerprint density at radius 3 is 2.20 bits per heavy atom. The fourth-order valence-corrected chi connectivity index (χ4v) is 3.98. The Kier molecular flexibility index (Phi) is 4.61. The average Bonchev–Trinajstić information content (AvgIpc) is 2.81. The predicted molar refractivity (Wildman–Crippen MR) is 96.5 cm³/mol. The van der Waals surface area contributed by atoms with Crippen molar-refractivity contribution >= 4 is 11.9 Å². The summed E-state index contributed by atoms with van der Waals surface area (Å²) >= 11 is 0. The molecule has 0 spiro atoms. The number of carbonyl (C=O) groups excluding carboxylic acids is 2. The average molecular weight is 348 g/mol. The standard InChI is InChI=1S/C19H32N4O2/c1-17(2,3)14(21-16(25)22-18(4,5)6)15(24)23-10-11-13(12(23)9-20)19(11,7)8/h11-14H,10H2,1-8H3,(H2,21,22,25)/t11?,12?,13?,14-/m1/s1. The van der Waals surface area contributed by atoms with Gasteiger partial charge in [0.2, 0.25) is 5.91 Å². The zero-order chi connectivity index (χ0) is 19.4. The van der Waals surface area contributed by atoms with Crippen LogP contribution in [0.2, 0.25) is 0 Å². The van der Waals surface area contributed by atoms with E-state index < -0.39 is 17.5 Å². The van der Waals surface area contributed by atoms with Crippen LogP contribution in [0.4, 0.5) is 4.79 Å². The molecule has 0 aromatic carbocycles. The van der Waals surface area contributed by atoms with E-state index >= 15 is 0 Å². The topological polar surface area (TPSA) is 85.2 Å². The SMILES string of the molecule is CC(C)(C)NC(=O)N[C@H](C(=O)N1CC2C(C1C#N)C2(C)C)C(C)(C)C. The van der Waals surface area contributed by atoms with Gasteiger partial charge in [-0.2, -0.15) is 5.26 Å². The van der Waals surface area contributed by atoms with Crippen molar-refractivity contribution in [3.63, 3.8) is 0 Å². The fraction of sp³-hybridized carbons (Fsp3) is 0.842. The molecule has 1 heterocycles. The molecule has 1 saturated heterocycles. The lowest BCUT2D eigenvalue weighted by Gasteiger charge is -2.36. The first-order valence-corrected chi connectivity index (χ1v) is 8.99. The van der Waals surface area contributed by atoms with Crippen LogP contribution >= 0.6 is 0 Å². The van der Waals surface area contributed by atoms with Crippen LogP contribution in [0, 0.1) is 34.0 Å². The van der Waals surface area contributed by atoms with Crippen LogP contribution in [-0.4, -0.2) is 41.0 Å². The van der Waals surface area contributed by atoms with Crippen molar-refractivity contribution in [1.29, 1.82) is 5.26 Å². The second-order valence-electron chi connectivity index (χ2n) is 10.2. The first-order chi connectivity index (χ1) is 11.2. The first-order valence-electron chi connectivity index (χ1n) is 8.99. The van der Waals surface area contributed by atoms with Crippen molar-refractivity contribution in [2.24, 2.45) is 22.7 Å². The molecule has 0 bridgehead atoms. The molecule has 1 aliphatic carbocycles. The largest absolute Gasteiger partial charge is 0.334 e. The van der Waals surface area contributed by atoms with Gasteiger partial charge in [-0.25, -0.2) is 4.79 Å². The Morgan fingerprint density at radius 2 is 1.76 bits per heavy atom. The maximum atomic E-state index is 13.2. The van der Waals surface area contributed by atoms with E-state index in [4.69, 9.17) is 0 Å². The summed E-state index contributed by atoms with van der Waals surface area (Å²) in [5.41, 5.74) is -0.704. The monoisotopic (exact) mass is 348 g/mol. The van der Waals surface area contributed by atoms with Crippen molar-refractivity contribution in [2.75, 3.05) is 6.54 Å². The normalized spacial score (nSPS) is 28.6. The van der Waals surface area contributed by atoms with Crippen molar-refractivity contribution in [1.82, 2.24) is 15.5 Å². The van der Waals surface area contributed by atoms with Gasteiger partial charge in [-0.1, -0.05) is 34.6 Å². The zero-order valence-corrected chi connectivity index (χ0v) is 16.7. The molecule has 3 unspecified atom stereocenters. The third kappa shape index (κ3) is 3.75. The number of urea groups is 1. The molecule has 6 heteroatoms. The molecule has 0 aromatic rings. The fourth-order valence-electron chi connectivity index (χ4n) is 3.98. The summed E-state index contributed by atoms with van der Waals surface area (Å²) in [5.74, 6) is 0.460. The van der Waals surface area contributed by atoms with Gasteiger partial charge in [0.25, 0.3) is 0 Å². The van der Waals surface area contributed by atoms with Crippen molar-refractivity contribution in [3.05, 3.63) is 0 Å². The molecular formula is C19H32N4O2. The molecule has 2 N–H and O–H groups in total. The van der Waals surface area contributed by atoms with Crippen molar-refractivity contribution in [2.45, 2.75) is 73.0 Å². The molecule has 1 aliphatic heterocycles. The quantitative estimate of drug-likeness (QED) is 0.804. The lowest BCUT2D eigenvalue weighted by atomic mass is 9.85. The molecule has 4 atom stereocenters. The van der Waals surface area contributed by atoms with E-state index in [1.807, 2.05) is 41.5 Å². The lowest BCUT2D eigenvalue weighted by Crippen LogP contribution is -2.59. The minimum absolute atomic E-state index is 0.130. The molecule has 1 saturated carbocycles. The molecule has 25 heavy (non-hydrogen) atoms. The van der Waals surface area contributed by atoms with Crippen molar-refractivity contribution < 1.29 is 9.59 Å². The summed E-state index contributed by atoms with van der Waals surface area (Å²) in [4.78, 5) is 27.2. The van der Waals surface area contributed by atoms with Crippen LogP contribution in [0.5, 0.6) is 0 Å². The Labute approximate surface area is 151 Å². The maximum Gasteiger partial charge on any atom is 0.315 e. The van der Waals surface area contributed by atoms with Gasteiger partial charge in [-0.3, -0.25) is 4.79 Å². The number of hydrogen-bond acceptors (Lipinski definition) is 3. The van der Waals surface area contributed by atoms with E-state index in [0.29, 0.717) is 12.5 Å². The summed E-state index contributed by atoms with van der Waals surface area (Å²) in [7, 11) is 0. The molecule has 6 nitrogen and oxygen atoms in total. The van der Waals surface area contributed by atoms with E-state index in [-0.39, 0.29) is 28.8 Å². The second kappa shape index (κ2) is 5.89. The second-order valence-corrected chi connectivity index (χ2v) is 10.2. The number of nitrogens with zero attached hydrogens (tertiary/aromatic N) is 2. The summed E-state index contributed by atoms with van der Waals surface area (Å²) in [6.45, 7) is 16.4. The number of nitriles is 1. The smallest absolute Gasteiger partial charge is 0.315 e. The number of likely N-dealkylation sites (tertiary alicyclic amines) is 1. The minimum Gasteiger partial charge on any atom is -0.334 e. The summed E-state index contributed by atoms with van der Waals surface area (Å²) in [6, 6.07) is 0.882. The van der Waals surface area contributed by atoms with Gasteiger partial charge in [0.05, 0.1) is 6.07 Å². The van der Waals surface area contributed by atoms with Crippen LogP contribution < -0.4 is 10.6 Å². The van der Waals surface area contributed by atoms with Crippen LogP contribution in [0.15, 0.2) is 0 Å². The molecule has 2 aliphatic rings. The van der Waals surface area contributed by atoms with Crippen LogP contribution in [0.3, 0.4) is 0 Å². The summed E-state index contributed by atoms with van der Waals surface area (Å²) < 4.78 is 0. The molecule has 140 valence electrons. The highest BCUT2D eigenvalue weighted by Crippen LogP contribution is 2.64. The Morgan fingerprint density at radius 1 is 1.20 bits per heavy atom. The molecule has 0 radical (unpaired) electrons. The third-order valence-electron chi connectivity index (χ3n) is 5.50. The van der Waals surface area contributed by atoms with Crippen molar-refractivity contribution in [3.8, 4) is 6.07 Å². The molecule has 3 amide bonds. The van der Waals surface area contributed by atoms with Gasteiger partial charge in [0.15, 0.2) is 0 Å². The molecule has 0 aromatic heterocycles. The maximum absolute atomic E-state index is 13.2. The lowest BCUT2D eigenvalue weighted by molar-refractivity contribution is -0.136. The van der Waals surface area contributed by atoms with Crippen LogP contribution in [-0.2, 0) is 4.79 Å². The minimum atomic E-state index is -0.675. The molecule has 2 rings (SSSR count). The van der Waals surface area contributed by atoms with Gasteiger partial charge in [0.1, 0.15) is 12.1 Å². The van der Waals surface area contributed by atoms with Crippen LogP contribution in [0.25, 0.3) is 0 Å². The van der Waals surface area contributed by atoms with E-state index in [0.717, 1.165) is 0 Å². The van der Waals surface area contributed by atoms with Gasteiger partial charge >= 0.3 is 6.03 Å². The number of carbonyl (C=O) groups is 2.